The van der Waals surface area contributed by atoms with Crippen LogP contribution in [-0.2, 0) is 4.74 Å². The second kappa shape index (κ2) is 19.1. The van der Waals surface area contributed by atoms with E-state index in [-0.39, 0.29) is 0 Å². The zero-order valence-corrected chi connectivity index (χ0v) is 24.1. The molecule has 0 aliphatic heterocycles. The smallest absolute Gasteiger partial charge is 0.0850 e. The van der Waals surface area contributed by atoms with E-state index in [0.717, 1.165) is 12.5 Å². The molecule has 0 aromatic rings. The van der Waals surface area contributed by atoms with Crippen LogP contribution in [0.4, 0.5) is 0 Å². The zero-order valence-electron chi connectivity index (χ0n) is 24.1. The van der Waals surface area contributed by atoms with Gasteiger partial charge in [-0.2, -0.15) is 0 Å². The van der Waals surface area contributed by atoms with Crippen molar-refractivity contribution in [1.82, 2.24) is 0 Å². The van der Waals surface area contributed by atoms with E-state index in [4.69, 9.17) is 4.74 Å². The van der Waals surface area contributed by atoms with E-state index in [1.54, 1.807) is 11.1 Å². The number of hydrogen-bond acceptors (Lipinski definition) is 1. The lowest BCUT2D eigenvalue weighted by molar-refractivity contribution is 0.0453. The van der Waals surface area contributed by atoms with Crippen LogP contribution in [0.15, 0.2) is 46.6 Å². The highest BCUT2D eigenvalue weighted by molar-refractivity contribution is 5.29. The Morgan fingerprint density at radius 1 is 0.882 bits per heavy atom. The molecule has 196 valence electrons. The maximum Gasteiger partial charge on any atom is 0.0850 e. The average molecular weight is 471 g/mol. The summed E-state index contributed by atoms with van der Waals surface area (Å²) in [6.45, 7) is 17.1. The molecule has 0 aromatic heterocycles. The van der Waals surface area contributed by atoms with Crippen molar-refractivity contribution >= 4 is 0 Å². The van der Waals surface area contributed by atoms with Crippen LogP contribution in [0, 0.1) is 11.8 Å². The Morgan fingerprint density at radius 3 is 2.32 bits per heavy atom. The highest BCUT2D eigenvalue weighted by Gasteiger charge is 2.26. The maximum atomic E-state index is 6.43. The molecule has 0 amide bonds. The Labute approximate surface area is 214 Å². The molecular formula is C33H58O. The lowest BCUT2D eigenvalue weighted by Crippen LogP contribution is -2.28. The number of allylic oxidation sites excluding steroid dienone is 6. The van der Waals surface area contributed by atoms with Crippen molar-refractivity contribution in [3.8, 4) is 0 Å². The van der Waals surface area contributed by atoms with Gasteiger partial charge in [0.25, 0.3) is 0 Å². The second-order valence-corrected chi connectivity index (χ2v) is 11.1. The molecule has 1 aliphatic carbocycles. The van der Waals surface area contributed by atoms with E-state index in [0.29, 0.717) is 12.0 Å². The Hall–Kier alpha value is -1.08. The third kappa shape index (κ3) is 13.7. The van der Waals surface area contributed by atoms with Gasteiger partial charge >= 0.3 is 0 Å². The van der Waals surface area contributed by atoms with Crippen molar-refractivity contribution < 1.29 is 4.74 Å². The Bertz CT molecular complexity index is 647. The molecule has 1 rings (SSSR count). The average Bonchev–Trinajstić information content (AvgIpc) is 2.81. The molecule has 1 aliphatic rings. The summed E-state index contributed by atoms with van der Waals surface area (Å²) in [6, 6.07) is 0. The summed E-state index contributed by atoms with van der Waals surface area (Å²) in [5.41, 5.74) is 6.13. The highest BCUT2D eigenvalue weighted by Crippen LogP contribution is 2.32. The zero-order chi connectivity index (χ0) is 25.2. The van der Waals surface area contributed by atoms with Gasteiger partial charge in [0.2, 0.25) is 0 Å². The van der Waals surface area contributed by atoms with Crippen LogP contribution in [0.5, 0.6) is 0 Å². The first-order valence-corrected chi connectivity index (χ1v) is 14.7. The summed E-state index contributed by atoms with van der Waals surface area (Å²) in [5.74, 6) is 1.30. The molecular weight excluding hydrogens is 412 g/mol. The van der Waals surface area contributed by atoms with E-state index in [9.17, 15) is 0 Å². The normalized spacial score (nSPS) is 20.3. The van der Waals surface area contributed by atoms with Crippen LogP contribution in [0.3, 0.4) is 0 Å². The number of hydrogen-bond donors (Lipinski definition) is 0. The van der Waals surface area contributed by atoms with Crippen molar-refractivity contribution in [2.45, 2.75) is 144 Å². The van der Waals surface area contributed by atoms with Gasteiger partial charge in [-0.05, 0) is 83.6 Å². The molecule has 0 radical (unpaired) electrons. The van der Waals surface area contributed by atoms with Gasteiger partial charge in [0.05, 0.1) is 6.10 Å². The van der Waals surface area contributed by atoms with Gasteiger partial charge < -0.3 is 4.74 Å². The second-order valence-electron chi connectivity index (χ2n) is 11.1. The topological polar surface area (TPSA) is 9.23 Å². The first-order valence-electron chi connectivity index (χ1n) is 14.7. The van der Waals surface area contributed by atoms with E-state index < -0.39 is 0 Å². The molecule has 0 aromatic carbocycles. The summed E-state index contributed by atoms with van der Waals surface area (Å²) >= 11 is 0. The molecule has 0 saturated carbocycles. The number of unbranched alkanes of at least 4 members (excludes halogenated alkanes) is 5. The van der Waals surface area contributed by atoms with Gasteiger partial charge in [-0.25, -0.2) is 0 Å². The lowest BCUT2D eigenvalue weighted by atomic mass is 9.83. The van der Waals surface area contributed by atoms with Crippen molar-refractivity contribution in [3.63, 3.8) is 0 Å². The maximum absolute atomic E-state index is 6.43. The predicted molar refractivity (Wildman–Crippen MR) is 153 cm³/mol. The largest absolute Gasteiger partial charge is 0.373 e. The summed E-state index contributed by atoms with van der Waals surface area (Å²) in [7, 11) is 0. The molecule has 1 heteroatoms. The summed E-state index contributed by atoms with van der Waals surface area (Å²) in [5, 5.41) is 0. The molecule has 0 fully saturated rings. The predicted octanol–water partition coefficient (Wildman–Crippen LogP) is 10.9. The molecule has 3 unspecified atom stereocenters. The van der Waals surface area contributed by atoms with Crippen LogP contribution in [0.25, 0.3) is 0 Å². The van der Waals surface area contributed by atoms with E-state index >= 15 is 0 Å². The van der Waals surface area contributed by atoms with Crippen LogP contribution in [0.2, 0.25) is 0 Å². The quantitative estimate of drug-likeness (QED) is 0.135. The van der Waals surface area contributed by atoms with Gasteiger partial charge in [0.1, 0.15) is 0 Å². The summed E-state index contributed by atoms with van der Waals surface area (Å²) < 4.78 is 6.43. The Morgan fingerprint density at radius 2 is 1.59 bits per heavy atom. The van der Waals surface area contributed by atoms with Gasteiger partial charge in [-0.15, -0.1) is 0 Å². The van der Waals surface area contributed by atoms with Gasteiger partial charge in [-0.3, -0.25) is 0 Å². The first kappa shape index (κ1) is 31.0. The molecule has 3 atom stereocenters. The molecule has 0 heterocycles. The fourth-order valence-electron chi connectivity index (χ4n) is 4.85. The van der Waals surface area contributed by atoms with Crippen molar-refractivity contribution in [1.29, 1.82) is 0 Å². The molecule has 0 spiro atoms. The number of rotatable bonds is 19. The van der Waals surface area contributed by atoms with Gasteiger partial charge in [-0.1, -0.05) is 107 Å². The molecule has 34 heavy (non-hydrogen) atoms. The minimum atomic E-state index is 0.295. The lowest BCUT2D eigenvalue weighted by Gasteiger charge is -2.31. The van der Waals surface area contributed by atoms with E-state index in [1.165, 1.54) is 101 Å². The fourth-order valence-corrected chi connectivity index (χ4v) is 4.85. The minimum Gasteiger partial charge on any atom is -0.373 e. The molecule has 0 saturated heterocycles. The van der Waals surface area contributed by atoms with Crippen LogP contribution in [-0.4, -0.2) is 12.7 Å². The Balaban J connectivity index is 2.34. The van der Waals surface area contributed by atoms with Gasteiger partial charge in [0, 0.05) is 12.5 Å². The number of ether oxygens (including phenoxy) is 1. The van der Waals surface area contributed by atoms with E-state index in [1.807, 2.05) is 0 Å². The molecule has 1 nitrogen and oxygen atoms in total. The summed E-state index contributed by atoms with van der Waals surface area (Å²) in [6.07, 6.45) is 27.7. The SMILES string of the molecule is CCCC/C=C(\C)CC/C=C(\C)CCCC(C)CCC1=CC=C(C)C(C)C1OCCCCCC. The van der Waals surface area contributed by atoms with Crippen molar-refractivity contribution in [2.75, 3.05) is 6.61 Å². The van der Waals surface area contributed by atoms with Crippen LogP contribution in [0.1, 0.15) is 138 Å². The Kier molecular flexibility index (Phi) is 17.4. The standard InChI is InChI=1S/C33H58O/c1-8-10-12-14-26-34-33-31(7)30(6)23-25-32(33)24-22-29(5)21-16-20-28(4)19-15-18-27(3)17-13-11-9-2/h17,19,23,25,29,31,33H,8-16,18,20-22,24,26H2,1-7H3/b27-17+,28-19+. The molecule has 0 N–H and O–H groups in total. The highest BCUT2D eigenvalue weighted by atomic mass is 16.5. The summed E-state index contributed by atoms with van der Waals surface area (Å²) in [4.78, 5) is 0. The van der Waals surface area contributed by atoms with Crippen molar-refractivity contribution in [3.05, 3.63) is 46.6 Å². The van der Waals surface area contributed by atoms with Crippen LogP contribution < -0.4 is 0 Å². The third-order valence-electron chi connectivity index (χ3n) is 7.67. The van der Waals surface area contributed by atoms with Gasteiger partial charge in [0.15, 0.2) is 0 Å². The molecule has 0 bridgehead atoms. The minimum absolute atomic E-state index is 0.295. The monoisotopic (exact) mass is 470 g/mol. The van der Waals surface area contributed by atoms with Crippen molar-refractivity contribution in [2.24, 2.45) is 11.8 Å². The van der Waals surface area contributed by atoms with Crippen LogP contribution >= 0.6 is 0 Å². The third-order valence-corrected chi connectivity index (χ3v) is 7.67. The first-order chi connectivity index (χ1) is 16.4. The fraction of sp³-hybridized carbons (Fsp3) is 0.758. The van der Waals surface area contributed by atoms with E-state index in [2.05, 4.69) is 72.8 Å².